The van der Waals surface area contributed by atoms with E-state index in [0.29, 0.717) is 12.1 Å². The number of hydrogen-bond donors (Lipinski definition) is 1. The van der Waals surface area contributed by atoms with Gasteiger partial charge in [0.2, 0.25) is 0 Å². The third kappa shape index (κ3) is 3.74. The van der Waals surface area contributed by atoms with Crippen molar-refractivity contribution in [3.63, 3.8) is 0 Å². The third-order valence-electron chi connectivity index (χ3n) is 3.52. The zero-order valence-corrected chi connectivity index (χ0v) is 14.1. The van der Waals surface area contributed by atoms with E-state index in [1.807, 2.05) is 57.7 Å². The molecule has 0 aliphatic carbocycles. The van der Waals surface area contributed by atoms with Gasteiger partial charge in [-0.3, -0.25) is 9.69 Å². The molecule has 2 aromatic rings. The van der Waals surface area contributed by atoms with E-state index in [1.165, 1.54) is 5.69 Å². The summed E-state index contributed by atoms with van der Waals surface area (Å²) in [6.45, 7) is 0.561. The van der Waals surface area contributed by atoms with Crippen LogP contribution in [0.5, 0.6) is 0 Å². The van der Waals surface area contributed by atoms with Crippen LogP contribution in [-0.4, -0.2) is 36.0 Å². The lowest BCUT2D eigenvalue weighted by molar-refractivity contribution is 0.0940. The zero-order chi connectivity index (χ0) is 15.4. The minimum atomic E-state index is -0.0662. The first-order valence-corrected chi connectivity index (χ1v) is 7.60. The molecule has 1 amide bonds. The highest BCUT2D eigenvalue weighted by Gasteiger charge is 2.18. The standard InChI is InChI=1S/C16H20BrN3O/c1-19(2)15(14-9-6-10-20(14)3)11-18-16(21)12-7-4-5-8-13(12)17/h4-10,15H,11H2,1-3H3,(H,18,21). The van der Waals surface area contributed by atoms with Gasteiger partial charge in [0.1, 0.15) is 0 Å². The first kappa shape index (κ1) is 15.8. The van der Waals surface area contributed by atoms with E-state index in [9.17, 15) is 4.79 Å². The average molecular weight is 350 g/mol. The molecule has 1 aromatic heterocycles. The second kappa shape index (κ2) is 6.91. The molecule has 4 nitrogen and oxygen atoms in total. The quantitative estimate of drug-likeness (QED) is 0.901. The number of nitrogens with one attached hydrogen (secondary N) is 1. The van der Waals surface area contributed by atoms with E-state index in [2.05, 4.69) is 36.8 Å². The van der Waals surface area contributed by atoms with Gasteiger partial charge in [0, 0.05) is 30.0 Å². The molecular formula is C16H20BrN3O. The average Bonchev–Trinajstić information content (AvgIpc) is 2.85. The summed E-state index contributed by atoms with van der Waals surface area (Å²) in [6, 6.07) is 11.7. The van der Waals surface area contributed by atoms with Crippen LogP contribution in [0.4, 0.5) is 0 Å². The molecule has 1 N–H and O–H groups in total. The van der Waals surface area contributed by atoms with Gasteiger partial charge in [0.25, 0.3) is 5.91 Å². The summed E-state index contributed by atoms with van der Waals surface area (Å²) in [5.41, 5.74) is 1.83. The molecule has 0 fully saturated rings. The summed E-state index contributed by atoms with van der Waals surface area (Å²) >= 11 is 3.41. The molecule has 0 saturated carbocycles. The van der Waals surface area contributed by atoms with Crippen molar-refractivity contribution in [1.82, 2.24) is 14.8 Å². The van der Waals surface area contributed by atoms with Crippen molar-refractivity contribution >= 4 is 21.8 Å². The normalized spacial score (nSPS) is 12.4. The molecule has 2 rings (SSSR count). The molecule has 1 unspecified atom stereocenters. The van der Waals surface area contributed by atoms with Gasteiger partial charge in [-0.25, -0.2) is 0 Å². The Labute approximate surface area is 133 Å². The Hall–Kier alpha value is -1.59. The predicted octanol–water partition coefficient (Wildman–Crippen LogP) is 2.82. The summed E-state index contributed by atoms with van der Waals surface area (Å²) in [7, 11) is 6.05. The van der Waals surface area contributed by atoms with E-state index in [1.54, 1.807) is 0 Å². The smallest absolute Gasteiger partial charge is 0.252 e. The van der Waals surface area contributed by atoms with Crippen molar-refractivity contribution in [3.05, 3.63) is 58.3 Å². The molecule has 0 aliphatic rings. The van der Waals surface area contributed by atoms with Crippen LogP contribution in [0, 0.1) is 0 Å². The molecule has 0 saturated heterocycles. The van der Waals surface area contributed by atoms with Crippen LogP contribution >= 0.6 is 15.9 Å². The van der Waals surface area contributed by atoms with Gasteiger partial charge in [-0.1, -0.05) is 12.1 Å². The number of aryl methyl sites for hydroxylation is 1. The maximum Gasteiger partial charge on any atom is 0.252 e. The summed E-state index contributed by atoms with van der Waals surface area (Å²) in [5.74, 6) is -0.0662. The van der Waals surface area contributed by atoms with Gasteiger partial charge >= 0.3 is 0 Å². The monoisotopic (exact) mass is 349 g/mol. The van der Waals surface area contributed by atoms with Crippen LogP contribution in [0.2, 0.25) is 0 Å². The van der Waals surface area contributed by atoms with Gasteiger partial charge < -0.3 is 9.88 Å². The maximum atomic E-state index is 12.3. The van der Waals surface area contributed by atoms with E-state index < -0.39 is 0 Å². The SMILES string of the molecule is CN(C)C(CNC(=O)c1ccccc1Br)c1cccn1C. The van der Waals surface area contributed by atoms with Crippen molar-refractivity contribution in [2.75, 3.05) is 20.6 Å². The number of benzene rings is 1. The molecular weight excluding hydrogens is 330 g/mol. The number of nitrogens with zero attached hydrogens (tertiary/aromatic N) is 2. The molecule has 112 valence electrons. The predicted molar refractivity (Wildman–Crippen MR) is 88.3 cm³/mol. The highest BCUT2D eigenvalue weighted by Crippen LogP contribution is 2.19. The Morgan fingerprint density at radius 2 is 2.00 bits per heavy atom. The Kier molecular flexibility index (Phi) is 5.20. The molecule has 1 aromatic carbocycles. The summed E-state index contributed by atoms with van der Waals surface area (Å²) in [6.07, 6.45) is 2.02. The molecule has 0 bridgehead atoms. The van der Waals surface area contributed by atoms with Gasteiger partial charge in [-0.05, 0) is 54.3 Å². The van der Waals surface area contributed by atoms with Crippen molar-refractivity contribution in [1.29, 1.82) is 0 Å². The van der Waals surface area contributed by atoms with Crippen molar-refractivity contribution < 1.29 is 4.79 Å². The molecule has 0 aliphatic heterocycles. The van der Waals surface area contributed by atoms with E-state index in [0.717, 1.165) is 4.47 Å². The number of amides is 1. The molecule has 1 atom stereocenters. The lowest BCUT2D eigenvalue weighted by Gasteiger charge is -2.25. The number of rotatable bonds is 5. The summed E-state index contributed by atoms with van der Waals surface area (Å²) < 4.78 is 2.89. The first-order valence-electron chi connectivity index (χ1n) is 6.81. The van der Waals surface area contributed by atoms with E-state index >= 15 is 0 Å². The van der Waals surface area contributed by atoms with E-state index in [-0.39, 0.29) is 11.9 Å². The molecule has 0 radical (unpaired) electrons. The Bertz CT molecular complexity index is 621. The zero-order valence-electron chi connectivity index (χ0n) is 12.5. The second-order valence-corrected chi connectivity index (χ2v) is 6.07. The minimum Gasteiger partial charge on any atom is -0.353 e. The number of carbonyl (C=O) groups is 1. The number of aromatic nitrogens is 1. The van der Waals surface area contributed by atoms with Crippen molar-refractivity contribution in [2.45, 2.75) is 6.04 Å². The Morgan fingerprint density at radius 1 is 1.29 bits per heavy atom. The van der Waals surface area contributed by atoms with Crippen LogP contribution in [0.3, 0.4) is 0 Å². The number of carbonyl (C=O) groups excluding carboxylic acids is 1. The maximum absolute atomic E-state index is 12.3. The van der Waals surface area contributed by atoms with Crippen molar-refractivity contribution in [3.8, 4) is 0 Å². The fraction of sp³-hybridized carbons (Fsp3) is 0.312. The van der Waals surface area contributed by atoms with Crippen LogP contribution in [0.25, 0.3) is 0 Å². The van der Waals surface area contributed by atoms with Gasteiger partial charge in [0.15, 0.2) is 0 Å². The fourth-order valence-corrected chi connectivity index (χ4v) is 2.77. The lowest BCUT2D eigenvalue weighted by Crippen LogP contribution is -2.35. The van der Waals surface area contributed by atoms with Gasteiger partial charge in [0.05, 0.1) is 11.6 Å². The highest BCUT2D eigenvalue weighted by atomic mass is 79.9. The number of hydrogen-bond acceptors (Lipinski definition) is 2. The Balaban J connectivity index is 2.08. The van der Waals surface area contributed by atoms with E-state index in [4.69, 9.17) is 0 Å². The van der Waals surface area contributed by atoms with Gasteiger partial charge in [-0.15, -0.1) is 0 Å². The first-order chi connectivity index (χ1) is 10.0. The highest BCUT2D eigenvalue weighted by molar-refractivity contribution is 9.10. The molecule has 21 heavy (non-hydrogen) atoms. The van der Waals surface area contributed by atoms with Crippen LogP contribution in [0.1, 0.15) is 22.1 Å². The summed E-state index contributed by atoms with van der Waals surface area (Å²) in [4.78, 5) is 14.4. The second-order valence-electron chi connectivity index (χ2n) is 5.21. The van der Waals surface area contributed by atoms with Crippen LogP contribution in [0.15, 0.2) is 47.1 Å². The van der Waals surface area contributed by atoms with Crippen molar-refractivity contribution in [2.24, 2.45) is 7.05 Å². The minimum absolute atomic E-state index is 0.0662. The molecule has 0 spiro atoms. The number of likely N-dealkylation sites (N-methyl/N-ethyl adjacent to an activating group) is 1. The molecule has 5 heteroatoms. The van der Waals surface area contributed by atoms with Crippen LogP contribution in [-0.2, 0) is 7.05 Å². The summed E-state index contributed by atoms with van der Waals surface area (Å²) in [5, 5.41) is 3.01. The lowest BCUT2D eigenvalue weighted by atomic mass is 10.1. The number of halogens is 1. The topological polar surface area (TPSA) is 37.3 Å². The van der Waals surface area contributed by atoms with Gasteiger partial charge in [-0.2, -0.15) is 0 Å². The van der Waals surface area contributed by atoms with Crippen LogP contribution < -0.4 is 5.32 Å². The molecule has 1 heterocycles. The Morgan fingerprint density at radius 3 is 2.57 bits per heavy atom. The fourth-order valence-electron chi connectivity index (χ4n) is 2.30. The largest absolute Gasteiger partial charge is 0.353 e. The third-order valence-corrected chi connectivity index (χ3v) is 4.21.